The zero-order valence-electron chi connectivity index (χ0n) is 11.8. The van der Waals surface area contributed by atoms with Gasteiger partial charge in [-0.2, -0.15) is 0 Å². The number of rotatable bonds is 5. The molecule has 1 aliphatic rings. The lowest BCUT2D eigenvalue weighted by Crippen LogP contribution is -2.37. The van der Waals surface area contributed by atoms with Crippen LogP contribution in [-0.4, -0.2) is 32.8 Å². The molecule has 0 amide bonds. The fraction of sp³-hybridized carbons (Fsp3) is 0.600. The molecule has 0 unspecified atom stereocenters. The van der Waals surface area contributed by atoms with Gasteiger partial charge in [0.25, 0.3) is 0 Å². The normalized spacial score (nSPS) is 16.9. The third-order valence-electron chi connectivity index (χ3n) is 3.61. The SMILES string of the molecule is CCOC1CCN(c2ccc(CNC)c(Br)c2)CC1. The Balaban J connectivity index is 1.97. The zero-order chi connectivity index (χ0) is 13.7. The van der Waals surface area contributed by atoms with Gasteiger partial charge in [0.15, 0.2) is 0 Å². The minimum absolute atomic E-state index is 0.452. The van der Waals surface area contributed by atoms with Crippen molar-refractivity contribution in [1.29, 1.82) is 0 Å². The Hall–Kier alpha value is -0.580. The maximum absolute atomic E-state index is 5.70. The van der Waals surface area contributed by atoms with Crippen LogP contribution in [0.5, 0.6) is 0 Å². The van der Waals surface area contributed by atoms with E-state index in [1.54, 1.807) is 0 Å². The summed E-state index contributed by atoms with van der Waals surface area (Å²) in [5.74, 6) is 0. The molecule has 0 spiro atoms. The molecule has 1 saturated heterocycles. The topological polar surface area (TPSA) is 24.5 Å². The Labute approximate surface area is 124 Å². The average molecular weight is 327 g/mol. The molecule has 2 rings (SSSR count). The molecule has 106 valence electrons. The summed E-state index contributed by atoms with van der Waals surface area (Å²) in [6.45, 7) is 5.97. The Bertz CT molecular complexity index is 403. The van der Waals surface area contributed by atoms with Gasteiger partial charge in [0.1, 0.15) is 0 Å². The van der Waals surface area contributed by atoms with Gasteiger partial charge in [-0.3, -0.25) is 0 Å². The molecule has 1 aromatic rings. The summed E-state index contributed by atoms with van der Waals surface area (Å²) in [6, 6.07) is 6.65. The molecule has 0 radical (unpaired) electrons. The van der Waals surface area contributed by atoms with Gasteiger partial charge in [-0.1, -0.05) is 22.0 Å². The Kier molecular flexibility index (Phi) is 5.67. The van der Waals surface area contributed by atoms with Crippen molar-refractivity contribution in [2.45, 2.75) is 32.4 Å². The quantitative estimate of drug-likeness (QED) is 0.899. The summed E-state index contributed by atoms with van der Waals surface area (Å²) in [5, 5.41) is 3.18. The highest BCUT2D eigenvalue weighted by Crippen LogP contribution is 2.27. The lowest BCUT2D eigenvalue weighted by atomic mass is 10.1. The van der Waals surface area contributed by atoms with Gasteiger partial charge in [0.2, 0.25) is 0 Å². The van der Waals surface area contributed by atoms with Crippen LogP contribution in [0.2, 0.25) is 0 Å². The van der Waals surface area contributed by atoms with E-state index in [0.717, 1.165) is 39.1 Å². The molecule has 0 saturated carbocycles. The van der Waals surface area contributed by atoms with Crippen molar-refractivity contribution in [3.05, 3.63) is 28.2 Å². The second-order valence-corrected chi connectivity index (χ2v) is 5.80. The number of halogens is 1. The Morgan fingerprint density at radius 2 is 2.11 bits per heavy atom. The van der Waals surface area contributed by atoms with Crippen LogP contribution in [0.4, 0.5) is 5.69 Å². The number of nitrogens with zero attached hydrogens (tertiary/aromatic N) is 1. The number of anilines is 1. The van der Waals surface area contributed by atoms with Gasteiger partial charge in [0, 0.05) is 36.4 Å². The highest BCUT2D eigenvalue weighted by Gasteiger charge is 2.19. The van der Waals surface area contributed by atoms with Crippen LogP contribution in [0.3, 0.4) is 0 Å². The summed E-state index contributed by atoms with van der Waals surface area (Å²) in [5.41, 5.74) is 2.61. The summed E-state index contributed by atoms with van der Waals surface area (Å²) in [6.07, 6.45) is 2.71. The van der Waals surface area contributed by atoms with Gasteiger partial charge < -0.3 is 15.0 Å². The molecule has 3 nitrogen and oxygen atoms in total. The van der Waals surface area contributed by atoms with Crippen LogP contribution >= 0.6 is 15.9 Å². The third kappa shape index (κ3) is 3.94. The minimum atomic E-state index is 0.452. The molecule has 1 heterocycles. The molecule has 0 atom stereocenters. The summed E-state index contributed by atoms with van der Waals surface area (Å²) in [7, 11) is 1.97. The van der Waals surface area contributed by atoms with Crippen molar-refractivity contribution in [2.24, 2.45) is 0 Å². The van der Waals surface area contributed by atoms with E-state index >= 15 is 0 Å². The summed E-state index contributed by atoms with van der Waals surface area (Å²) >= 11 is 3.66. The summed E-state index contributed by atoms with van der Waals surface area (Å²) < 4.78 is 6.88. The van der Waals surface area contributed by atoms with Crippen molar-refractivity contribution in [3.8, 4) is 0 Å². The van der Waals surface area contributed by atoms with E-state index in [2.05, 4.69) is 51.3 Å². The standard InChI is InChI=1S/C15H23BrN2O/c1-3-19-14-6-8-18(9-7-14)13-5-4-12(11-17-2)15(16)10-13/h4-5,10,14,17H,3,6-9,11H2,1-2H3. The molecule has 0 bridgehead atoms. The lowest BCUT2D eigenvalue weighted by molar-refractivity contribution is 0.0459. The molecule has 1 N–H and O–H groups in total. The van der Waals surface area contributed by atoms with E-state index in [9.17, 15) is 0 Å². The fourth-order valence-corrected chi connectivity index (χ4v) is 3.09. The largest absolute Gasteiger partial charge is 0.378 e. The van der Waals surface area contributed by atoms with Crippen LogP contribution in [0.1, 0.15) is 25.3 Å². The number of nitrogens with one attached hydrogen (secondary N) is 1. The average Bonchev–Trinajstić information content (AvgIpc) is 2.43. The van der Waals surface area contributed by atoms with Crippen molar-refractivity contribution < 1.29 is 4.74 Å². The van der Waals surface area contributed by atoms with Crippen LogP contribution in [0, 0.1) is 0 Å². The molecule has 4 heteroatoms. The molecule has 1 aromatic carbocycles. The van der Waals surface area contributed by atoms with Crippen LogP contribution in [0.25, 0.3) is 0 Å². The van der Waals surface area contributed by atoms with Crippen LogP contribution in [0.15, 0.2) is 22.7 Å². The molecular formula is C15H23BrN2O. The van der Waals surface area contributed by atoms with Crippen molar-refractivity contribution in [3.63, 3.8) is 0 Å². The predicted octanol–water partition coefficient (Wildman–Crippen LogP) is 3.17. The Morgan fingerprint density at radius 3 is 2.68 bits per heavy atom. The van der Waals surface area contributed by atoms with E-state index in [-0.39, 0.29) is 0 Å². The molecular weight excluding hydrogens is 304 g/mol. The molecule has 1 fully saturated rings. The van der Waals surface area contributed by atoms with Gasteiger partial charge in [-0.25, -0.2) is 0 Å². The van der Waals surface area contributed by atoms with Crippen molar-refractivity contribution >= 4 is 21.6 Å². The number of hydrogen-bond donors (Lipinski definition) is 1. The molecule has 0 aliphatic carbocycles. The third-order valence-corrected chi connectivity index (χ3v) is 4.35. The van der Waals surface area contributed by atoms with Gasteiger partial charge in [-0.15, -0.1) is 0 Å². The highest BCUT2D eigenvalue weighted by molar-refractivity contribution is 9.10. The van der Waals surface area contributed by atoms with Crippen LogP contribution < -0.4 is 10.2 Å². The van der Waals surface area contributed by atoms with Gasteiger partial charge in [-0.05, 0) is 44.5 Å². The van der Waals surface area contributed by atoms with Crippen molar-refractivity contribution in [2.75, 3.05) is 31.6 Å². The lowest BCUT2D eigenvalue weighted by Gasteiger charge is -2.33. The van der Waals surface area contributed by atoms with Gasteiger partial charge in [0.05, 0.1) is 6.10 Å². The number of benzene rings is 1. The first-order valence-electron chi connectivity index (χ1n) is 7.04. The second kappa shape index (κ2) is 7.27. The fourth-order valence-electron chi connectivity index (χ4n) is 2.58. The number of ether oxygens (including phenoxy) is 1. The van der Waals surface area contributed by atoms with Crippen LogP contribution in [-0.2, 0) is 11.3 Å². The molecule has 19 heavy (non-hydrogen) atoms. The summed E-state index contributed by atoms with van der Waals surface area (Å²) in [4.78, 5) is 2.45. The van der Waals surface area contributed by atoms with Gasteiger partial charge >= 0.3 is 0 Å². The minimum Gasteiger partial charge on any atom is -0.378 e. The van der Waals surface area contributed by atoms with E-state index < -0.39 is 0 Å². The second-order valence-electron chi connectivity index (χ2n) is 4.95. The zero-order valence-corrected chi connectivity index (χ0v) is 13.4. The smallest absolute Gasteiger partial charge is 0.0608 e. The first kappa shape index (κ1) is 14.8. The molecule has 1 aliphatic heterocycles. The maximum atomic E-state index is 5.70. The first-order chi connectivity index (χ1) is 9.24. The number of piperidine rings is 1. The van der Waals surface area contributed by atoms with E-state index in [4.69, 9.17) is 4.74 Å². The van der Waals surface area contributed by atoms with Crippen molar-refractivity contribution in [1.82, 2.24) is 5.32 Å². The van der Waals surface area contributed by atoms with E-state index in [0.29, 0.717) is 6.10 Å². The predicted molar refractivity (Wildman–Crippen MR) is 83.8 cm³/mol. The number of hydrogen-bond acceptors (Lipinski definition) is 3. The molecule has 0 aromatic heterocycles. The Morgan fingerprint density at radius 1 is 1.37 bits per heavy atom. The monoisotopic (exact) mass is 326 g/mol. The van der Waals surface area contributed by atoms with E-state index in [1.807, 2.05) is 7.05 Å². The highest BCUT2D eigenvalue weighted by atomic mass is 79.9. The van der Waals surface area contributed by atoms with E-state index in [1.165, 1.54) is 15.7 Å². The first-order valence-corrected chi connectivity index (χ1v) is 7.83. The maximum Gasteiger partial charge on any atom is 0.0608 e.